The van der Waals surface area contributed by atoms with Crippen LogP contribution in [0, 0.1) is 5.92 Å². The molecule has 0 bridgehead atoms. The summed E-state index contributed by atoms with van der Waals surface area (Å²) in [6.07, 6.45) is 1.29. The quantitative estimate of drug-likeness (QED) is 0.845. The van der Waals surface area contributed by atoms with Crippen molar-refractivity contribution < 1.29 is 4.79 Å². The molecule has 1 amide bonds. The van der Waals surface area contributed by atoms with Crippen LogP contribution in [0.5, 0.6) is 0 Å². The molecule has 0 radical (unpaired) electrons. The maximum absolute atomic E-state index is 11.6. The van der Waals surface area contributed by atoms with E-state index >= 15 is 0 Å². The summed E-state index contributed by atoms with van der Waals surface area (Å²) in [5, 5.41) is 2.89. The predicted molar refractivity (Wildman–Crippen MR) is 73.7 cm³/mol. The summed E-state index contributed by atoms with van der Waals surface area (Å²) in [6, 6.07) is 8.02. The molecule has 1 atom stereocenters. The minimum atomic E-state index is 0.0882. The lowest BCUT2D eigenvalue weighted by Gasteiger charge is -2.10. The molecule has 0 aliphatic heterocycles. The summed E-state index contributed by atoms with van der Waals surface area (Å²) in [7, 11) is 0. The first kappa shape index (κ1) is 14.2. The lowest BCUT2D eigenvalue weighted by atomic mass is 10.1. The van der Waals surface area contributed by atoms with Crippen LogP contribution >= 0.6 is 15.9 Å². The number of hydrogen-bond donors (Lipinski definition) is 2. The average Bonchev–Trinajstić information content (AvgIpc) is 2.33. The second kappa shape index (κ2) is 7.45. The smallest absolute Gasteiger partial charge is 0.220 e. The van der Waals surface area contributed by atoms with E-state index < -0.39 is 0 Å². The van der Waals surface area contributed by atoms with Crippen molar-refractivity contribution in [2.24, 2.45) is 11.7 Å². The number of halogens is 1. The summed E-state index contributed by atoms with van der Waals surface area (Å²) >= 11 is 3.41. The number of aryl methyl sites for hydroxylation is 1. The Bertz CT molecular complexity index is 368. The number of nitrogens with two attached hydrogens (primary N) is 1. The molecule has 0 aliphatic carbocycles. The number of hydrogen-bond acceptors (Lipinski definition) is 2. The average molecular weight is 299 g/mol. The van der Waals surface area contributed by atoms with Gasteiger partial charge in [-0.25, -0.2) is 0 Å². The van der Waals surface area contributed by atoms with E-state index in [9.17, 15) is 4.79 Å². The summed E-state index contributed by atoms with van der Waals surface area (Å²) in [4.78, 5) is 11.6. The van der Waals surface area contributed by atoms with E-state index in [1.165, 1.54) is 5.56 Å². The third-order valence-electron chi connectivity index (χ3n) is 2.58. The molecule has 0 saturated carbocycles. The van der Waals surface area contributed by atoms with Crippen LogP contribution in [0.15, 0.2) is 28.7 Å². The number of carbonyl (C=O) groups excluding carboxylic acids is 1. The van der Waals surface area contributed by atoms with Crippen molar-refractivity contribution in [3.8, 4) is 0 Å². The van der Waals surface area contributed by atoms with Crippen molar-refractivity contribution in [3.63, 3.8) is 0 Å². The number of rotatable bonds is 6. The molecule has 1 unspecified atom stereocenters. The Hall–Kier alpha value is -0.870. The van der Waals surface area contributed by atoms with Gasteiger partial charge in [0.1, 0.15) is 0 Å². The van der Waals surface area contributed by atoms with Crippen LogP contribution in [0.1, 0.15) is 18.9 Å². The maximum Gasteiger partial charge on any atom is 0.220 e. The van der Waals surface area contributed by atoms with Gasteiger partial charge in [0.15, 0.2) is 0 Å². The molecule has 1 aromatic rings. The highest BCUT2D eigenvalue weighted by molar-refractivity contribution is 9.10. The molecule has 0 heterocycles. The maximum atomic E-state index is 11.6. The molecular weight excluding hydrogens is 280 g/mol. The van der Waals surface area contributed by atoms with Gasteiger partial charge in [-0.05, 0) is 36.6 Å². The predicted octanol–water partition coefficient (Wildman–Crippen LogP) is 2.09. The monoisotopic (exact) mass is 298 g/mol. The molecule has 0 aromatic heterocycles. The van der Waals surface area contributed by atoms with Crippen LogP contribution in [-0.4, -0.2) is 19.0 Å². The van der Waals surface area contributed by atoms with Gasteiger partial charge in [-0.2, -0.15) is 0 Å². The van der Waals surface area contributed by atoms with Crippen LogP contribution in [0.25, 0.3) is 0 Å². The van der Waals surface area contributed by atoms with Crippen molar-refractivity contribution in [1.29, 1.82) is 0 Å². The van der Waals surface area contributed by atoms with Gasteiger partial charge >= 0.3 is 0 Å². The number of benzene rings is 1. The standard InChI is InChI=1S/C13H19BrN2O/c1-10(8-15)9-16-13(17)6-5-11-3-2-4-12(14)7-11/h2-4,7,10H,5-6,8-9,15H2,1H3,(H,16,17). The lowest BCUT2D eigenvalue weighted by molar-refractivity contribution is -0.121. The van der Waals surface area contributed by atoms with Gasteiger partial charge in [0, 0.05) is 17.4 Å². The van der Waals surface area contributed by atoms with Gasteiger partial charge < -0.3 is 11.1 Å². The first-order valence-corrected chi connectivity index (χ1v) is 6.62. The van der Waals surface area contributed by atoms with E-state index in [1.54, 1.807) is 0 Å². The molecule has 1 aromatic carbocycles. The Morgan fingerprint density at radius 2 is 2.29 bits per heavy atom. The van der Waals surface area contributed by atoms with Crippen LogP contribution in [0.3, 0.4) is 0 Å². The molecule has 3 N–H and O–H groups in total. The van der Waals surface area contributed by atoms with E-state index in [0.29, 0.717) is 25.4 Å². The lowest BCUT2D eigenvalue weighted by Crippen LogP contribution is -2.31. The van der Waals surface area contributed by atoms with Crippen molar-refractivity contribution in [1.82, 2.24) is 5.32 Å². The first-order valence-electron chi connectivity index (χ1n) is 5.83. The van der Waals surface area contributed by atoms with Gasteiger partial charge in [0.25, 0.3) is 0 Å². The van der Waals surface area contributed by atoms with Crippen LogP contribution in [0.4, 0.5) is 0 Å². The summed E-state index contributed by atoms with van der Waals surface area (Å²) in [5.41, 5.74) is 6.65. The Balaban J connectivity index is 2.28. The Morgan fingerprint density at radius 1 is 1.53 bits per heavy atom. The largest absolute Gasteiger partial charge is 0.356 e. The van der Waals surface area contributed by atoms with Gasteiger partial charge in [-0.15, -0.1) is 0 Å². The first-order chi connectivity index (χ1) is 8.11. The summed E-state index contributed by atoms with van der Waals surface area (Å²) < 4.78 is 1.05. The summed E-state index contributed by atoms with van der Waals surface area (Å²) in [6.45, 7) is 3.29. The van der Waals surface area contributed by atoms with E-state index in [0.717, 1.165) is 10.9 Å². The molecule has 1 rings (SSSR count). The highest BCUT2D eigenvalue weighted by atomic mass is 79.9. The van der Waals surface area contributed by atoms with E-state index in [1.807, 2.05) is 31.2 Å². The second-order valence-corrected chi connectivity index (χ2v) is 5.19. The Labute approximate surface area is 111 Å². The van der Waals surface area contributed by atoms with Crippen molar-refractivity contribution in [3.05, 3.63) is 34.3 Å². The Morgan fingerprint density at radius 3 is 2.94 bits per heavy atom. The minimum absolute atomic E-state index is 0.0882. The van der Waals surface area contributed by atoms with E-state index in [4.69, 9.17) is 5.73 Å². The molecule has 0 spiro atoms. The molecule has 0 saturated heterocycles. The third-order valence-corrected chi connectivity index (χ3v) is 3.07. The highest BCUT2D eigenvalue weighted by Gasteiger charge is 2.04. The van der Waals surface area contributed by atoms with Crippen molar-refractivity contribution in [2.75, 3.05) is 13.1 Å². The fraction of sp³-hybridized carbons (Fsp3) is 0.462. The van der Waals surface area contributed by atoms with Gasteiger partial charge in [0.05, 0.1) is 0 Å². The molecule has 17 heavy (non-hydrogen) atoms. The second-order valence-electron chi connectivity index (χ2n) is 4.27. The third kappa shape index (κ3) is 5.84. The topological polar surface area (TPSA) is 55.1 Å². The number of amides is 1. The van der Waals surface area contributed by atoms with Gasteiger partial charge in [0.2, 0.25) is 5.91 Å². The molecule has 0 aliphatic rings. The molecule has 3 nitrogen and oxygen atoms in total. The number of carbonyl (C=O) groups is 1. The van der Waals surface area contributed by atoms with Crippen LogP contribution in [0.2, 0.25) is 0 Å². The van der Waals surface area contributed by atoms with E-state index in [-0.39, 0.29) is 5.91 Å². The summed E-state index contributed by atoms with van der Waals surface area (Å²) in [5.74, 6) is 0.426. The van der Waals surface area contributed by atoms with Crippen molar-refractivity contribution >= 4 is 21.8 Å². The van der Waals surface area contributed by atoms with Gasteiger partial charge in [-0.1, -0.05) is 35.0 Å². The van der Waals surface area contributed by atoms with E-state index in [2.05, 4.69) is 21.2 Å². The zero-order valence-electron chi connectivity index (χ0n) is 10.1. The highest BCUT2D eigenvalue weighted by Crippen LogP contribution is 2.12. The molecular formula is C13H19BrN2O. The van der Waals surface area contributed by atoms with Crippen molar-refractivity contribution in [2.45, 2.75) is 19.8 Å². The van der Waals surface area contributed by atoms with Crippen LogP contribution < -0.4 is 11.1 Å². The van der Waals surface area contributed by atoms with Crippen LogP contribution in [-0.2, 0) is 11.2 Å². The minimum Gasteiger partial charge on any atom is -0.356 e. The fourth-order valence-electron chi connectivity index (χ4n) is 1.41. The SMILES string of the molecule is CC(CN)CNC(=O)CCc1cccc(Br)c1. The number of nitrogens with one attached hydrogen (secondary N) is 1. The molecule has 94 valence electrons. The molecule has 4 heteroatoms. The molecule has 0 fully saturated rings. The zero-order valence-corrected chi connectivity index (χ0v) is 11.7. The van der Waals surface area contributed by atoms with Gasteiger partial charge in [-0.3, -0.25) is 4.79 Å². The Kier molecular flexibility index (Phi) is 6.22. The fourth-order valence-corrected chi connectivity index (χ4v) is 1.86. The zero-order chi connectivity index (χ0) is 12.7. The normalized spacial score (nSPS) is 12.2.